The van der Waals surface area contributed by atoms with E-state index < -0.39 is 0 Å². The first-order chi connectivity index (χ1) is 7.81. The molecule has 0 saturated carbocycles. The zero-order chi connectivity index (χ0) is 11.4. The molecule has 0 fully saturated rings. The molecule has 2 heterocycles. The van der Waals surface area contributed by atoms with Gasteiger partial charge in [0.05, 0.1) is 19.8 Å². The molecule has 0 aliphatic rings. The topological polar surface area (TPSA) is 64.4 Å². The van der Waals surface area contributed by atoms with E-state index in [1.54, 1.807) is 17.7 Å². The van der Waals surface area contributed by atoms with Gasteiger partial charge in [-0.15, -0.1) is 5.10 Å². The number of rotatable bonds is 5. The van der Waals surface area contributed by atoms with Gasteiger partial charge in [-0.2, -0.15) is 0 Å². The predicted molar refractivity (Wildman–Crippen MR) is 59.7 cm³/mol. The number of H-pyrrole nitrogens is 1. The molecule has 0 bridgehead atoms. The standard InChI is InChI=1S/C9H12N4O2S/c1-14-2-3-15-6-7-4-10-8-11-12-9(16)13(8)5-7/h4-5H,2-3,6H2,1H3,(H,12,16). The Bertz CT molecular complexity index is 521. The van der Waals surface area contributed by atoms with E-state index in [4.69, 9.17) is 21.7 Å². The zero-order valence-corrected chi connectivity index (χ0v) is 9.66. The molecule has 1 N–H and O–H groups in total. The van der Waals surface area contributed by atoms with E-state index in [1.807, 2.05) is 6.20 Å². The van der Waals surface area contributed by atoms with Crippen LogP contribution in [0.5, 0.6) is 0 Å². The molecule has 0 spiro atoms. The summed E-state index contributed by atoms with van der Waals surface area (Å²) < 4.78 is 12.5. The predicted octanol–water partition coefficient (Wildman–Crippen LogP) is 0.950. The third-order valence-corrected chi connectivity index (χ3v) is 2.32. The lowest BCUT2D eigenvalue weighted by Gasteiger charge is -2.03. The van der Waals surface area contributed by atoms with Gasteiger partial charge in [-0.3, -0.25) is 4.40 Å². The molecule has 2 aromatic rings. The summed E-state index contributed by atoms with van der Waals surface area (Å²) in [5.41, 5.74) is 0.945. The molecule has 0 amide bonds. The van der Waals surface area contributed by atoms with Crippen molar-refractivity contribution < 1.29 is 9.47 Å². The Kier molecular flexibility index (Phi) is 3.60. The minimum absolute atomic E-state index is 0.485. The van der Waals surface area contributed by atoms with Gasteiger partial charge >= 0.3 is 0 Å². The van der Waals surface area contributed by atoms with Gasteiger partial charge in [0.1, 0.15) is 0 Å². The Balaban J connectivity index is 2.07. The number of hydrogen-bond donors (Lipinski definition) is 1. The van der Waals surface area contributed by atoms with Crippen LogP contribution in [0.1, 0.15) is 5.56 Å². The van der Waals surface area contributed by atoms with E-state index in [0.29, 0.717) is 30.4 Å². The third kappa shape index (κ3) is 2.43. The van der Waals surface area contributed by atoms with Crippen molar-refractivity contribution in [2.24, 2.45) is 0 Å². The number of methoxy groups -OCH3 is 1. The number of nitrogens with one attached hydrogen (secondary N) is 1. The fraction of sp³-hybridized carbons (Fsp3) is 0.444. The quantitative estimate of drug-likeness (QED) is 0.622. The Morgan fingerprint density at radius 3 is 3.19 bits per heavy atom. The number of nitrogens with zero attached hydrogens (tertiary/aromatic N) is 3. The monoisotopic (exact) mass is 240 g/mol. The van der Waals surface area contributed by atoms with Crippen LogP contribution in [0, 0.1) is 4.77 Å². The smallest absolute Gasteiger partial charge is 0.253 e. The van der Waals surface area contributed by atoms with Crippen molar-refractivity contribution in [2.75, 3.05) is 20.3 Å². The van der Waals surface area contributed by atoms with E-state index in [9.17, 15) is 0 Å². The van der Waals surface area contributed by atoms with Crippen molar-refractivity contribution in [3.05, 3.63) is 22.7 Å². The number of ether oxygens (including phenoxy) is 2. The lowest BCUT2D eigenvalue weighted by Crippen LogP contribution is -2.03. The van der Waals surface area contributed by atoms with Crippen LogP contribution in [0.2, 0.25) is 0 Å². The Labute approximate surface area is 97.2 Å². The molecule has 16 heavy (non-hydrogen) atoms. The number of aromatic amines is 1. The normalized spacial score (nSPS) is 11.1. The molecule has 2 aromatic heterocycles. The van der Waals surface area contributed by atoms with Crippen molar-refractivity contribution in [1.82, 2.24) is 19.6 Å². The largest absolute Gasteiger partial charge is 0.382 e. The summed E-state index contributed by atoms with van der Waals surface area (Å²) in [4.78, 5) is 4.14. The first kappa shape index (κ1) is 11.2. The van der Waals surface area contributed by atoms with Crippen LogP contribution >= 0.6 is 12.2 Å². The first-order valence-electron chi connectivity index (χ1n) is 4.79. The molecule has 0 aliphatic heterocycles. The number of hydrogen-bond acceptors (Lipinski definition) is 5. The Morgan fingerprint density at radius 2 is 2.38 bits per heavy atom. The van der Waals surface area contributed by atoms with E-state index >= 15 is 0 Å². The van der Waals surface area contributed by atoms with E-state index in [2.05, 4.69) is 15.2 Å². The molecular formula is C9H12N4O2S. The van der Waals surface area contributed by atoms with Gasteiger partial charge in [0.15, 0.2) is 0 Å². The molecule has 0 atom stereocenters. The summed E-state index contributed by atoms with van der Waals surface area (Å²) in [7, 11) is 1.64. The van der Waals surface area contributed by atoms with Crippen LogP contribution in [0.15, 0.2) is 12.4 Å². The highest BCUT2D eigenvalue weighted by Crippen LogP contribution is 2.02. The average Bonchev–Trinajstić information content (AvgIpc) is 2.67. The first-order valence-corrected chi connectivity index (χ1v) is 5.20. The summed E-state index contributed by atoms with van der Waals surface area (Å²) in [6.07, 6.45) is 3.58. The van der Waals surface area contributed by atoms with Crippen molar-refractivity contribution in [2.45, 2.75) is 6.61 Å². The molecular weight excluding hydrogens is 228 g/mol. The molecule has 0 aliphatic carbocycles. The van der Waals surface area contributed by atoms with Crippen LogP contribution < -0.4 is 0 Å². The fourth-order valence-electron chi connectivity index (χ4n) is 1.25. The molecule has 0 saturated heterocycles. The molecule has 0 aromatic carbocycles. The summed E-state index contributed by atoms with van der Waals surface area (Å²) in [6, 6.07) is 0. The minimum Gasteiger partial charge on any atom is -0.382 e. The molecule has 86 valence electrons. The van der Waals surface area contributed by atoms with Crippen molar-refractivity contribution in [3.8, 4) is 0 Å². The SMILES string of the molecule is COCCOCc1cnc2n[nH]c(=S)n2c1. The maximum Gasteiger partial charge on any atom is 0.253 e. The van der Waals surface area contributed by atoms with Crippen LogP contribution in [-0.4, -0.2) is 39.9 Å². The second-order valence-electron chi connectivity index (χ2n) is 3.21. The van der Waals surface area contributed by atoms with Crippen LogP contribution in [0.4, 0.5) is 0 Å². The van der Waals surface area contributed by atoms with E-state index in [-0.39, 0.29) is 0 Å². The van der Waals surface area contributed by atoms with Crippen molar-refractivity contribution in [3.63, 3.8) is 0 Å². The van der Waals surface area contributed by atoms with Gasteiger partial charge in [-0.05, 0) is 12.2 Å². The molecule has 0 unspecified atom stereocenters. The third-order valence-electron chi connectivity index (χ3n) is 2.03. The van der Waals surface area contributed by atoms with Gasteiger partial charge in [0.2, 0.25) is 4.77 Å². The van der Waals surface area contributed by atoms with Gasteiger partial charge in [0, 0.05) is 25.1 Å². The minimum atomic E-state index is 0.485. The summed E-state index contributed by atoms with van der Waals surface area (Å²) in [6.45, 7) is 1.63. The molecule has 7 heteroatoms. The summed E-state index contributed by atoms with van der Waals surface area (Å²) in [5, 5.41) is 6.62. The number of fused-ring (bicyclic) bond motifs is 1. The highest BCUT2D eigenvalue weighted by atomic mass is 32.1. The van der Waals surface area contributed by atoms with Crippen LogP contribution in [0.25, 0.3) is 5.78 Å². The fourth-order valence-corrected chi connectivity index (χ4v) is 1.43. The Hall–Kier alpha value is -1.31. The molecule has 2 rings (SSSR count). The molecule has 0 radical (unpaired) electrons. The second kappa shape index (κ2) is 5.15. The van der Waals surface area contributed by atoms with Gasteiger partial charge in [-0.25, -0.2) is 10.1 Å². The highest BCUT2D eigenvalue weighted by molar-refractivity contribution is 7.71. The van der Waals surface area contributed by atoms with Crippen LogP contribution in [-0.2, 0) is 16.1 Å². The summed E-state index contributed by atoms with van der Waals surface area (Å²) in [5.74, 6) is 0.561. The maximum atomic E-state index is 5.38. The second-order valence-corrected chi connectivity index (χ2v) is 3.59. The molecule has 6 nitrogen and oxygen atoms in total. The summed E-state index contributed by atoms with van der Waals surface area (Å²) >= 11 is 5.04. The maximum absolute atomic E-state index is 5.38. The average molecular weight is 240 g/mol. The lowest BCUT2D eigenvalue weighted by molar-refractivity contribution is 0.0614. The van der Waals surface area contributed by atoms with Crippen LogP contribution in [0.3, 0.4) is 0 Å². The van der Waals surface area contributed by atoms with E-state index in [0.717, 1.165) is 5.56 Å². The Morgan fingerprint density at radius 1 is 1.50 bits per heavy atom. The van der Waals surface area contributed by atoms with Crippen molar-refractivity contribution >= 4 is 18.0 Å². The van der Waals surface area contributed by atoms with Crippen molar-refractivity contribution in [1.29, 1.82) is 0 Å². The van der Waals surface area contributed by atoms with Gasteiger partial charge in [-0.1, -0.05) is 0 Å². The van der Waals surface area contributed by atoms with Gasteiger partial charge < -0.3 is 9.47 Å². The van der Waals surface area contributed by atoms with E-state index in [1.165, 1.54) is 0 Å². The lowest BCUT2D eigenvalue weighted by atomic mass is 10.4. The zero-order valence-electron chi connectivity index (χ0n) is 8.84. The van der Waals surface area contributed by atoms with Gasteiger partial charge in [0.25, 0.3) is 5.78 Å². The highest BCUT2D eigenvalue weighted by Gasteiger charge is 2.00. The number of aromatic nitrogens is 4.